The molecule has 2 heterocycles. The third kappa shape index (κ3) is 4.47. The van der Waals surface area contributed by atoms with Gasteiger partial charge in [-0.05, 0) is 55.0 Å². The van der Waals surface area contributed by atoms with E-state index in [2.05, 4.69) is 17.2 Å². The molecule has 4 rings (SSSR count). The van der Waals surface area contributed by atoms with Crippen LogP contribution in [0.3, 0.4) is 0 Å². The van der Waals surface area contributed by atoms with Gasteiger partial charge in [-0.25, -0.2) is 23.2 Å². The summed E-state index contributed by atoms with van der Waals surface area (Å²) in [4.78, 5) is 31.5. The van der Waals surface area contributed by atoms with E-state index in [1.54, 1.807) is 0 Å². The number of anilines is 1. The Labute approximate surface area is 186 Å². The number of fused-ring (bicyclic) bond motifs is 3. The van der Waals surface area contributed by atoms with Gasteiger partial charge in [0.25, 0.3) is 5.56 Å². The van der Waals surface area contributed by atoms with Gasteiger partial charge >= 0.3 is 0 Å². The third-order valence-corrected chi connectivity index (χ3v) is 8.16. The molecular formula is C19H21N5O4S3. The van der Waals surface area contributed by atoms with Gasteiger partial charge in [-0.2, -0.15) is 0 Å². The van der Waals surface area contributed by atoms with Crippen molar-refractivity contribution in [2.24, 2.45) is 11.1 Å². The summed E-state index contributed by atoms with van der Waals surface area (Å²) >= 11 is 2.59. The Morgan fingerprint density at radius 3 is 2.74 bits per heavy atom. The number of hydrogen-bond donors (Lipinski definition) is 3. The zero-order chi connectivity index (χ0) is 22.3. The van der Waals surface area contributed by atoms with Crippen molar-refractivity contribution in [3.63, 3.8) is 0 Å². The monoisotopic (exact) mass is 479 g/mol. The fourth-order valence-corrected chi connectivity index (χ4v) is 6.20. The van der Waals surface area contributed by atoms with Crippen LogP contribution in [0.2, 0.25) is 0 Å². The number of nitrogens with two attached hydrogens (primary N) is 2. The van der Waals surface area contributed by atoms with Crippen molar-refractivity contribution in [3.8, 4) is 0 Å². The first-order chi connectivity index (χ1) is 14.6. The Hall–Kier alpha value is -2.41. The average molecular weight is 480 g/mol. The molecule has 2 aromatic heterocycles. The lowest BCUT2D eigenvalue weighted by atomic mass is 9.89. The molecule has 1 aliphatic rings. The summed E-state index contributed by atoms with van der Waals surface area (Å²) in [5, 5.41) is 8.58. The lowest BCUT2D eigenvalue weighted by molar-refractivity contribution is -0.113. The van der Waals surface area contributed by atoms with Gasteiger partial charge in [-0.3, -0.25) is 9.59 Å². The van der Waals surface area contributed by atoms with Gasteiger partial charge in [0.1, 0.15) is 4.83 Å². The van der Waals surface area contributed by atoms with Gasteiger partial charge in [0, 0.05) is 10.6 Å². The smallest absolute Gasteiger partial charge is 0.281 e. The largest absolute Gasteiger partial charge is 0.334 e. The second-order valence-electron chi connectivity index (χ2n) is 7.51. The summed E-state index contributed by atoms with van der Waals surface area (Å²) in [5.41, 5.74) is 1.19. The number of benzene rings is 1. The minimum atomic E-state index is -3.80. The molecule has 1 aliphatic carbocycles. The Kier molecular flexibility index (Phi) is 5.81. The van der Waals surface area contributed by atoms with Gasteiger partial charge in [0.2, 0.25) is 15.9 Å². The van der Waals surface area contributed by atoms with E-state index in [1.165, 1.54) is 40.5 Å². The van der Waals surface area contributed by atoms with Crippen LogP contribution in [0.4, 0.5) is 5.69 Å². The Morgan fingerprint density at radius 1 is 1.35 bits per heavy atom. The number of nitrogens with zero attached hydrogens (tertiary/aromatic N) is 2. The molecule has 31 heavy (non-hydrogen) atoms. The van der Waals surface area contributed by atoms with Crippen LogP contribution in [0.15, 0.2) is 39.1 Å². The van der Waals surface area contributed by atoms with E-state index in [9.17, 15) is 18.0 Å². The van der Waals surface area contributed by atoms with E-state index in [4.69, 9.17) is 11.0 Å². The molecule has 0 aliphatic heterocycles. The fraction of sp³-hybridized carbons (Fsp3) is 0.316. The molecule has 0 unspecified atom stereocenters. The first-order valence-corrected chi connectivity index (χ1v) is 12.9. The molecular weight excluding hydrogens is 458 g/mol. The Morgan fingerprint density at radius 2 is 2.06 bits per heavy atom. The van der Waals surface area contributed by atoms with Gasteiger partial charge in [-0.1, -0.05) is 18.7 Å². The van der Waals surface area contributed by atoms with E-state index in [-0.39, 0.29) is 27.3 Å². The minimum absolute atomic E-state index is 0.0196. The summed E-state index contributed by atoms with van der Waals surface area (Å²) in [6, 6.07) is 5.51. The lowest BCUT2D eigenvalue weighted by Gasteiger charge is -2.17. The van der Waals surface area contributed by atoms with Crippen LogP contribution in [0.5, 0.6) is 0 Å². The van der Waals surface area contributed by atoms with Crippen LogP contribution >= 0.6 is 23.1 Å². The molecule has 0 saturated carbocycles. The van der Waals surface area contributed by atoms with Crippen LogP contribution in [0.1, 0.15) is 23.8 Å². The number of primary sulfonamides is 1. The van der Waals surface area contributed by atoms with E-state index in [1.807, 2.05) is 0 Å². The molecule has 0 spiro atoms. The summed E-state index contributed by atoms with van der Waals surface area (Å²) < 4.78 is 23.6. The maximum Gasteiger partial charge on any atom is 0.281 e. The maximum atomic E-state index is 12.8. The molecule has 164 valence electrons. The second kappa shape index (κ2) is 8.26. The van der Waals surface area contributed by atoms with Gasteiger partial charge < -0.3 is 11.2 Å². The molecule has 0 fully saturated rings. The van der Waals surface area contributed by atoms with Crippen LogP contribution in [-0.4, -0.2) is 29.7 Å². The number of nitrogens with one attached hydrogen (secondary N) is 1. The SMILES string of the molecule is C[C@@H]1CCc2c(sc3nc(SCC(=O)Nc4ccc(S(N)(=O)=O)cc4)n(N)c(=O)c23)C1. The van der Waals surface area contributed by atoms with E-state index in [0.717, 1.165) is 41.3 Å². The number of carbonyl (C=O) groups is 1. The number of nitrogen functional groups attached to an aromatic ring is 1. The molecule has 0 bridgehead atoms. The molecule has 0 saturated heterocycles. The summed E-state index contributed by atoms with van der Waals surface area (Å²) in [6.07, 6.45) is 2.83. The van der Waals surface area contributed by atoms with Crippen molar-refractivity contribution >= 4 is 54.9 Å². The number of hydrogen-bond acceptors (Lipinski definition) is 8. The van der Waals surface area contributed by atoms with E-state index in [0.29, 0.717) is 21.8 Å². The van der Waals surface area contributed by atoms with Gasteiger partial charge in [-0.15, -0.1) is 11.3 Å². The number of aromatic nitrogens is 2. The topological polar surface area (TPSA) is 150 Å². The number of amides is 1. The number of aryl methyl sites for hydroxylation is 1. The van der Waals surface area contributed by atoms with Crippen molar-refractivity contribution in [1.29, 1.82) is 0 Å². The molecule has 1 atom stereocenters. The van der Waals surface area contributed by atoms with Crippen LogP contribution in [-0.2, 0) is 27.7 Å². The summed E-state index contributed by atoms with van der Waals surface area (Å²) in [5.74, 6) is 6.21. The highest BCUT2D eigenvalue weighted by Crippen LogP contribution is 2.36. The first kappa shape index (κ1) is 21.8. The standard InChI is InChI=1S/C19H21N5O4S3/c1-10-2-7-13-14(8-10)30-17-16(13)18(26)24(20)19(23-17)29-9-15(25)22-11-3-5-12(6-4-11)31(21,27)28/h3-6,10H,2,7-9,20H2,1H3,(H,22,25)(H2,21,27,28)/t10-/m1/s1. The van der Waals surface area contributed by atoms with Crippen molar-refractivity contribution < 1.29 is 13.2 Å². The number of carbonyl (C=O) groups excluding carboxylic acids is 1. The van der Waals surface area contributed by atoms with E-state index >= 15 is 0 Å². The summed E-state index contributed by atoms with van der Waals surface area (Å²) in [6.45, 7) is 2.20. The van der Waals surface area contributed by atoms with Gasteiger partial charge in [0.05, 0.1) is 16.0 Å². The number of sulfonamides is 1. The lowest BCUT2D eigenvalue weighted by Crippen LogP contribution is -2.30. The van der Waals surface area contributed by atoms with Crippen LogP contribution in [0, 0.1) is 5.92 Å². The normalized spacial score (nSPS) is 16.3. The van der Waals surface area contributed by atoms with Crippen LogP contribution in [0.25, 0.3) is 10.2 Å². The predicted octanol–water partition coefficient (Wildman–Crippen LogP) is 1.67. The highest BCUT2D eigenvalue weighted by Gasteiger charge is 2.24. The fourth-order valence-electron chi connectivity index (χ4n) is 3.54. The second-order valence-corrected chi connectivity index (χ2v) is 11.1. The maximum absolute atomic E-state index is 12.8. The van der Waals surface area contributed by atoms with Gasteiger partial charge in [0.15, 0.2) is 5.16 Å². The van der Waals surface area contributed by atoms with Crippen molar-refractivity contribution in [2.75, 3.05) is 16.9 Å². The van der Waals surface area contributed by atoms with Crippen molar-refractivity contribution in [1.82, 2.24) is 9.66 Å². The molecule has 1 amide bonds. The average Bonchev–Trinajstić information content (AvgIpc) is 3.06. The van der Waals surface area contributed by atoms with E-state index < -0.39 is 10.0 Å². The number of thiophene rings is 1. The number of rotatable bonds is 5. The highest BCUT2D eigenvalue weighted by atomic mass is 32.2. The minimum Gasteiger partial charge on any atom is -0.334 e. The number of thioether (sulfide) groups is 1. The first-order valence-electron chi connectivity index (χ1n) is 9.51. The van der Waals surface area contributed by atoms with Crippen LogP contribution < -0.4 is 21.9 Å². The molecule has 3 aromatic rings. The molecule has 12 heteroatoms. The zero-order valence-corrected chi connectivity index (χ0v) is 19.1. The molecule has 0 radical (unpaired) electrons. The predicted molar refractivity (Wildman–Crippen MR) is 122 cm³/mol. The molecule has 5 N–H and O–H groups in total. The van der Waals surface area contributed by atoms with Crippen molar-refractivity contribution in [2.45, 2.75) is 36.2 Å². The Balaban J connectivity index is 1.49. The zero-order valence-electron chi connectivity index (χ0n) is 16.6. The highest BCUT2D eigenvalue weighted by molar-refractivity contribution is 7.99. The molecule has 9 nitrogen and oxygen atoms in total. The molecule has 1 aromatic carbocycles. The Bertz CT molecular complexity index is 1330. The quantitative estimate of drug-likeness (QED) is 0.286. The summed E-state index contributed by atoms with van der Waals surface area (Å²) in [7, 11) is -3.80. The van der Waals surface area contributed by atoms with Crippen molar-refractivity contribution in [3.05, 3.63) is 45.1 Å². The third-order valence-electron chi connectivity index (χ3n) is 5.13.